The normalized spacial score (nSPS) is 19.0. The molecule has 4 nitrogen and oxygen atoms in total. The zero-order valence-electron chi connectivity index (χ0n) is 14.2. The highest BCUT2D eigenvalue weighted by Crippen LogP contribution is 2.17. The van der Waals surface area contributed by atoms with Crippen molar-refractivity contribution < 1.29 is 4.74 Å². The van der Waals surface area contributed by atoms with Gasteiger partial charge in [0.2, 0.25) is 0 Å². The van der Waals surface area contributed by atoms with Crippen LogP contribution in [0.25, 0.3) is 0 Å². The van der Waals surface area contributed by atoms with E-state index in [0.29, 0.717) is 11.8 Å². The summed E-state index contributed by atoms with van der Waals surface area (Å²) in [6.45, 7) is 14.5. The third kappa shape index (κ3) is 7.68. The van der Waals surface area contributed by atoms with E-state index in [1.165, 1.54) is 19.3 Å². The fraction of sp³-hybridized carbons (Fsp3) is 0.938. The number of rotatable bonds is 8. The lowest BCUT2D eigenvalue weighted by Gasteiger charge is -2.22. The van der Waals surface area contributed by atoms with E-state index in [1.54, 1.807) is 0 Å². The first-order chi connectivity index (χ1) is 9.74. The minimum atomic E-state index is 0. The first kappa shape index (κ1) is 21.0. The largest absolute Gasteiger partial charge is 0.381 e. The van der Waals surface area contributed by atoms with Gasteiger partial charge < -0.3 is 15.0 Å². The molecule has 1 heterocycles. The second kappa shape index (κ2) is 12.5. The fourth-order valence-electron chi connectivity index (χ4n) is 2.63. The number of halogens is 1. The summed E-state index contributed by atoms with van der Waals surface area (Å²) in [5.41, 5.74) is 0. The van der Waals surface area contributed by atoms with Crippen molar-refractivity contribution in [2.24, 2.45) is 16.8 Å². The number of nitrogens with one attached hydrogen (secondary N) is 1. The lowest BCUT2D eigenvalue weighted by molar-refractivity contribution is 0.114. The van der Waals surface area contributed by atoms with Crippen LogP contribution in [0.5, 0.6) is 0 Å². The molecule has 1 N–H and O–H groups in total. The molecule has 1 unspecified atom stereocenters. The Labute approximate surface area is 148 Å². The molecule has 1 rings (SSSR count). The second-order valence-corrected chi connectivity index (χ2v) is 5.64. The summed E-state index contributed by atoms with van der Waals surface area (Å²) in [6, 6.07) is 0. The topological polar surface area (TPSA) is 36.9 Å². The van der Waals surface area contributed by atoms with Crippen molar-refractivity contribution in [1.29, 1.82) is 0 Å². The first-order valence-corrected chi connectivity index (χ1v) is 8.35. The van der Waals surface area contributed by atoms with Crippen LogP contribution in [0, 0.1) is 11.8 Å². The van der Waals surface area contributed by atoms with E-state index in [0.717, 1.165) is 45.4 Å². The highest BCUT2D eigenvalue weighted by Gasteiger charge is 2.24. The summed E-state index contributed by atoms with van der Waals surface area (Å²) in [5, 5.41) is 3.44. The van der Waals surface area contributed by atoms with Crippen LogP contribution in [0.1, 0.15) is 47.0 Å². The molecule has 21 heavy (non-hydrogen) atoms. The van der Waals surface area contributed by atoms with Crippen LogP contribution in [0.15, 0.2) is 4.99 Å². The Hall–Kier alpha value is -0.0400. The van der Waals surface area contributed by atoms with Crippen LogP contribution in [-0.4, -0.2) is 50.3 Å². The third-order valence-electron chi connectivity index (χ3n) is 4.13. The molecule has 0 bridgehead atoms. The molecule has 1 aliphatic heterocycles. The van der Waals surface area contributed by atoms with Crippen molar-refractivity contribution in [3.63, 3.8) is 0 Å². The number of nitrogens with zero attached hydrogens (tertiary/aromatic N) is 2. The van der Waals surface area contributed by atoms with Gasteiger partial charge in [-0.2, -0.15) is 0 Å². The number of ether oxygens (including phenoxy) is 1. The summed E-state index contributed by atoms with van der Waals surface area (Å²) in [5.74, 6) is 2.47. The molecule has 0 aliphatic carbocycles. The van der Waals surface area contributed by atoms with Crippen LogP contribution in [-0.2, 0) is 4.74 Å². The van der Waals surface area contributed by atoms with Gasteiger partial charge in [-0.3, -0.25) is 4.99 Å². The molecule has 0 radical (unpaired) electrons. The molecule has 1 aliphatic rings. The molecule has 0 spiro atoms. The van der Waals surface area contributed by atoms with Gasteiger partial charge >= 0.3 is 0 Å². The molecular weight excluding hydrogens is 377 g/mol. The van der Waals surface area contributed by atoms with E-state index in [2.05, 4.69) is 37.9 Å². The molecule has 1 fully saturated rings. The lowest BCUT2D eigenvalue weighted by atomic mass is 10.0. The molecule has 5 heteroatoms. The van der Waals surface area contributed by atoms with Gasteiger partial charge in [0.15, 0.2) is 5.96 Å². The van der Waals surface area contributed by atoms with Crippen molar-refractivity contribution in [2.75, 3.05) is 39.4 Å². The molecule has 0 aromatic carbocycles. The Balaban J connectivity index is 0.00000400. The van der Waals surface area contributed by atoms with Crippen molar-refractivity contribution in [1.82, 2.24) is 10.2 Å². The van der Waals surface area contributed by atoms with Gasteiger partial charge in [0.1, 0.15) is 0 Å². The minimum Gasteiger partial charge on any atom is -0.381 e. The molecule has 0 saturated carbocycles. The van der Waals surface area contributed by atoms with E-state index in [1.807, 2.05) is 0 Å². The van der Waals surface area contributed by atoms with Gasteiger partial charge in [0.05, 0.1) is 6.61 Å². The molecule has 126 valence electrons. The molecule has 0 aromatic rings. The average molecular weight is 411 g/mol. The highest BCUT2D eigenvalue weighted by atomic mass is 127. The highest BCUT2D eigenvalue weighted by molar-refractivity contribution is 14.0. The first-order valence-electron chi connectivity index (χ1n) is 8.35. The summed E-state index contributed by atoms with van der Waals surface area (Å²) in [7, 11) is 0. The van der Waals surface area contributed by atoms with E-state index >= 15 is 0 Å². The van der Waals surface area contributed by atoms with E-state index in [-0.39, 0.29) is 24.0 Å². The molecule has 1 saturated heterocycles. The molecular formula is C16H34IN3O. The fourth-order valence-corrected chi connectivity index (χ4v) is 2.63. The quantitative estimate of drug-likeness (QED) is 0.378. The summed E-state index contributed by atoms with van der Waals surface area (Å²) in [6.07, 6.45) is 3.65. The van der Waals surface area contributed by atoms with Crippen molar-refractivity contribution in [3.8, 4) is 0 Å². The third-order valence-corrected chi connectivity index (χ3v) is 4.13. The van der Waals surface area contributed by atoms with Gasteiger partial charge in [-0.05, 0) is 26.2 Å². The van der Waals surface area contributed by atoms with Gasteiger partial charge in [0.25, 0.3) is 0 Å². The van der Waals surface area contributed by atoms with Gasteiger partial charge in [0, 0.05) is 38.7 Å². The van der Waals surface area contributed by atoms with Crippen LogP contribution in [0.2, 0.25) is 0 Å². The Morgan fingerprint density at radius 2 is 2.00 bits per heavy atom. The average Bonchev–Trinajstić information content (AvgIpc) is 2.93. The monoisotopic (exact) mass is 411 g/mol. The van der Waals surface area contributed by atoms with Gasteiger partial charge in [-0.25, -0.2) is 0 Å². The minimum absolute atomic E-state index is 0. The van der Waals surface area contributed by atoms with Crippen LogP contribution in [0.3, 0.4) is 0 Å². The lowest BCUT2D eigenvalue weighted by Crippen LogP contribution is -2.40. The number of hydrogen-bond donors (Lipinski definition) is 1. The maximum absolute atomic E-state index is 5.55. The Bertz CT molecular complexity index is 283. The SMILES string of the molecule is CCNC(=NCC(CC)CC)N1CCC(COCC)C1.I. The maximum atomic E-state index is 5.55. The molecule has 0 aromatic heterocycles. The zero-order valence-corrected chi connectivity index (χ0v) is 16.6. The van der Waals surface area contributed by atoms with Crippen molar-refractivity contribution >= 4 is 29.9 Å². The Morgan fingerprint density at radius 1 is 1.29 bits per heavy atom. The molecule has 1 atom stereocenters. The van der Waals surface area contributed by atoms with Gasteiger partial charge in [-0.15, -0.1) is 24.0 Å². The Morgan fingerprint density at radius 3 is 2.57 bits per heavy atom. The number of aliphatic imine (C=N–C) groups is 1. The smallest absolute Gasteiger partial charge is 0.193 e. The Kier molecular flexibility index (Phi) is 12.5. The van der Waals surface area contributed by atoms with E-state index in [4.69, 9.17) is 9.73 Å². The van der Waals surface area contributed by atoms with Crippen LogP contribution < -0.4 is 5.32 Å². The zero-order chi connectivity index (χ0) is 14.8. The van der Waals surface area contributed by atoms with Crippen LogP contribution in [0.4, 0.5) is 0 Å². The summed E-state index contributed by atoms with van der Waals surface area (Å²) in [4.78, 5) is 7.24. The van der Waals surface area contributed by atoms with Gasteiger partial charge in [-0.1, -0.05) is 26.7 Å². The van der Waals surface area contributed by atoms with E-state index < -0.39 is 0 Å². The number of guanidine groups is 1. The maximum Gasteiger partial charge on any atom is 0.193 e. The predicted molar refractivity (Wildman–Crippen MR) is 102 cm³/mol. The summed E-state index contributed by atoms with van der Waals surface area (Å²) >= 11 is 0. The second-order valence-electron chi connectivity index (χ2n) is 5.64. The van der Waals surface area contributed by atoms with Crippen molar-refractivity contribution in [2.45, 2.75) is 47.0 Å². The predicted octanol–water partition coefficient (Wildman–Crippen LogP) is 3.36. The summed E-state index contributed by atoms with van der Waals surface area (Å²) < 4.78 is 5.55. The van der Waals surface area contributed by atoms with Crippen LogP contribution >= 0.6 is 24.0 Å². The van der Waals surface area contributed by atoms with Crippen molar-refractivity contribution in [3.05, 3.63) is 0 Å². The van der Waals surface area contributed by atoms with E-state index in [9.17, 15) is 0 Å². The standard InChI is InChI=1S/C16H33N3O.HI/c1-5-14(6-2)11-18-16(17-7-3)19-10-9-15(12-19)13-20-8-4;/h14-15H,5-13H2,1-4H3,(H,17,18);1H. The molecule has 0 amide bonds. The number of likely N-dealkylation sites (tertiary alicyclic amines) is 1. The number of hydrogen-bond acceptors (Lipinski definition) is 2.